The second kappa shape index (κ2) is 5.10. The highest BCUT2D eigenvalue weighted by Crippen LogP contribution is 2.19. The number of nitrogens with zero attached hydrogens (tertiary/aromatic N) is 2. The Bertz CT molecular complexity index is 747. The van der Waals surface area contributed by atoms with Gasteiger partial charge in [0.05, 0.1) is 0 Å². The largest absolute Gasteiger partial charge is 0.328 e. The van der Waals surface area contributed by atoms with Gasteiger partial charge in [-0.2, -0.15) is 0 Å². The lowest BCUT2D eigenvalue weighted by molar-refractivity contribution is -0.121. The minimum Gasteiger partial charge on any atom is -0.317 e. The maximum atomic E-state index is 11.9. The van der Waals surface area contributed by atoms with E-state index in [-0.39, 0.29) is 11.6 Å². The summed E-state index contributed by atoms with van der Waals surface area (Å²) in [7, 11) is 1.44. The molecule has 1 aliphatic rings. The van der Waals surface area contributed by atoms with Crippen molar-refractivity contribution in [3.63, 3.8) is 0 Å². The van der Waals surface area contributed by atoms with E-state index in [1.807, 2.05) is 35.0 Å². The lowest BCUT2D eigenvalue weighted by Crippen LogP contribution is -2.25. The quantitative estimate of drug-likeness (QED) is 0.685. The fourth-order valence-corrected chi connectivity index (χ4v) is 2.25. The van der Waals surface area contributed by atoms with E-state index in [4.69, 9.17) is 11.6 Å². The second-order valence-corrected chi connectivity index (χ2v) is 5.07. The van der Waals surface area contributed by atoms with Crippen LogP contribution in [-0.4, -0.2) is 28.5 Å². The van der Waals surface area contributed by atoms with Crippen molar-refractivity contribution in [3.05, 3.63) is 59.0 Å². The molecule has 2 heterocycles. The van der Waals surface area contributed by atoms with Gasteiger partial charge in [-0.15, -0.1) is 0 Å². The summed E-state index contributed by atoms with van der Waals surface area (Å²) < 4.78 is 1.90. The number of urea groups is 1. The summed E-state index contributed by atoms with van der Waals surface area (Å²) in [6, 6.07) is 10.7. The van der Waals surface area contributed by atoms with E-state index in [9.17, 15) is 9.59 Å². The maximum absolute atomic E-state index is 11.9. The van der Waals surface area contributed by atoms with Gasteiger partial charge in [-0.1, -0.05) is 11.6 Å². The van der Waals surface area contributed by atoms with E-state index < -0.39 is 6.03 Å². The number of hydrogen-bond acceptors (Lipinski definition) is 2. The Morgan fingerprint density at radius 3 is 2.48 bits per heavy atom. The van der Waals surface area contributed by atoms with Crippen LogP contribution >= 0.6 is 11.6 Å². The predicted octanol–water partition coefficient (Wildman–Crippen LogP) is 2.65. The van der Waals surface area contributed by atoms with Gasteiger partial charge in [0.25, 0.3) is 5.91 Å². The minimum absolute atomic E-state index is 0.261. The van der Waals surface area contributed by atoms with Crippen molar-refractivity contribution in [1.82, 2.24) is 14.8 Å². The van der Waals surface area contributed by atoms with Crippen molar-refractivity contribution < 1.29 is 9.59 Å². The van der Waals surface area contributed by atoms with Crippen LogP contribution in [0.2, 0.25) is 5.02 Å². The molecule has 5 nitrogen and oxygen atoms in total. The number of nitrogens with one attached hydrogen (secondary N) is 1. The van der Waals surface area contributed by atoms with Crippen LogP contribution in [0.25, 0.3) is 11.8 Å². The molecule has 2 aromatic rings. The standard InChI is InChI=1S/C15H12ClN3O2/c1-18-14(20)13(17-15(18)21)9-12-3-2-8-19(12)11-6-4-10(16)5-7-11/h2-9H,1H3,(H,17,21)/b13-9+. The number of hydrogen-bond donors (Lipinski definition) is 1. The third kappa shape index (κ3) is 2.43. The van der Waals surface area contributed by atoms with E-state index in [2.05, 4.69) is 5.32 Å². The first-order valence-corrected chi connectivity index (χ1v) is 6.68. The highest BCUT2D eigenvalue weighted by atomic mass is 35.5. The summed E-state index contributed by atoms with van der Waals surface area (Å²) in [5, 5.41) is 3.20. The molecule has 1 fully saturated rings. The molecular formula is C15H12ClN3O2. The van der Waals surface area contributed by atoms with Crippen LogP contribution in [0.15, 0.2) is 48.3 Å². The van der Waals surface area contributed by atoms with Crippen LogP contribution in [0.4, 0.5) is 4.79 Å². The molecule has 0 atom stereocenters. The third-order valence-electron chi connectivity index (χ3n) is 3.26. The molecule has 3 amide bonds. The molecule has 0 spiro atoms. The van der Waals surface area contributed by atoms with Crippen LogP contribution < -0.4 is 5.32 Å². The summed E-state index contributed by atoms with van der Waals surface area (Å²) in [4.78, 5) is 24.4. The lowest BCUT2D eigenvalue weighted by atomic mass is 10.3. The van der Waals surface area contributed by atoms with Crippen molar-refractivity contribution in [1.29, 1.82) is 0 Å². The van der Waals surface area contributed by atoms with E-state index >= 15 is 0 Å². The Labute approximate surface area is 126 Å². The van der Waals surface area contributed by atoms with Crippen molar-refractivity contribution in [2.24, 2.45) is 0 Å². The molecule has 3 rings (SSSR count). The zero-order valence-electron chi connectivity index (χ0n) is 11.2. The van der Waals surface area contributed by atoms with Gasteiger partial charge in [0, 0.05) is 29.6 Å². The minimum atomic E-state index is -0.421. The Morgan fingerprint density at radius 2 is 1.86 bits per heavy atom. The van der Waals surface area contributed by atoms with Gasteiger partial charge in [-0.25, -0.2) is 4.79 Å². The molecule has 1 aromatic heterocycles. The van der Waals surface area contributed by atoms with E-state index in [1.54, 1.807) is 18.2 Å². The average Bonchev–Trinajstić information content (AvgIpc) is 3.02. The van der Waals surface area contributed by atoms with Gasteiger partial charge in [0.15, 0.2) is 0 Å². The fraction of sp³-hybridized carbons (Fsp3) is 0.0667. The van der Waals surface area contributed by atoms with Gasteiger partial charge in [-0.05, 0) is 42.5 Å². The zero-order valence-corrected chi connectivity index (χ0v) is 12.0. The molecule has 0 bridgehead atoms. The Hall–Kier alpha value is -2.53. The highest BCUT2D eigenvalue weighted by Gasteiger charge is 2.30. The first-order chi connectivity index (χ1) is 10.1. The molecule has 1 aliphatic heterocycles. The molecule has 0 saturated carbocycles. The van der Waals surface area contributed by atoms with Gasteiger partial charge < -0.3 is 9.88 Å². The van der Waals surface area contributed by atoms with Crippen molar-refractivity contribution in [3.8, 4) is 5.69 Å². The van der Waals surface area contributed by atoms with Gasteiger partial charge in [-0.3, -0.25) is 9.69 Å². The smallest absolute Gasteiger partial charge is 0.317 e. The summed E-state index contributed by atoms with van der Waals surface area (Å²) in [5.74, 6) is -0.344. The topological polar surface area (TPSA) is 54.3 Å². The fourth-order valence-electron chi connectivity index (χ4n) is 2.12. The number of halogens is 1. The van der Waals surface area contributed by atoms with Crippen molar-refractivity contribution in [2.45, 2.75) is 0 Å². The maximum Gasteiger partial charge on any atom is 0.328 e. The normalized spacial score (nSPS) is 16.7. The molecule has 0 aliphatic carbocycles. The number of carbonyl (C=O) groups is 2. The molecule has 6 heteroatoms. The van der Waals surface area contributed by atoms with Crippen molar-refractivity contribution in [2.75, 3.05) is 7.05 Å². The first kappa shape index (κ1) is 13.5. The van der Waals surface area contributed by atoms with E-state index in [0.29, 0.717) is 5.02 Å². The molecule has 0 radical (unpaired) electrons. The number of benzene rings is 1. The van der Waals surface area contributed by atoms with E-state index in [0.717, 1.165) is 16.3 Å². The third-order valence-corrected chi connectivity index (χ3v) is 3.51. The number of imide groups is 1. The molecule has 106 valence electrons. The number of aromatic nitrogens is 1. The number of likely N-dealkylation sites (N-methyl/N-ethyl adjacent to an activating group) is 1. The SMILES string of the molecule is CN1C(=O)N/C(=C/c2cccn2-c2ccc(Cl)cc2)C1=O. The molecule has 0 unspecified atom stereocenters. The summed E-state index contributed by atoms with van der Waals surface area (Å²) in [6.07, 6.45) is 3.53. The number of amides is 3. The molecule has 1 saturated heterocycles. The summed E-state index contributed by atoms with van der Waals surface area (Å²) >= 11 is 5.88. The van der Waals surface area contributed by atoms with E-state index in [1.165, 1.54) is 7.05 Å². The number of rotatable bonds is 2. The summed E-state index contributed by atoms with van der Waals surface area (Å²) in [6.45, 7) is 0. The Balaban J connectivity index is 1.99. The average molecular weight is 302 g/mol. The highest BCUT2D eigenvalue weighted by molar-refractivity contribution is 6.30. The van der Waals surface area contributed by atoms with Crippen molar-refractivity contribution >= 4 is 29.6 Å². The second-order valence-electron chi connectivity index (χ2n) is 4.63. The molecular weight excluding hydrogens is 290 g/mol. The predicted molar refractivity (Wildman–Crippen MR) is 80.1 cm³/mol. The van der Waals surface area contributed by atoms with Crippen LogP contribution in [0.1, 0.15) is 5.69 Å². The van der Waals surface area contributed by atoms with Gasteiger partial charge >= 0.3 is 6.03 Å². The Morgan fingerprint density at radius 1 is 1.14 bits per heavy atom. The first-order valence-electron chi connectivity index (χ1n) is 6.30. The molecule has 1 aromatic carbocycles. The lowest BCUT2D eigenvalue weighted by Gasteiger charge is -2.07. The molecule has 1 N–H and O–H groups in total. The number of carbonyl (C=O) groups excluding carboxylic acids is 2. The molecule has 21 heavy (non-hydrogen) atoms. The van der Waals surface area contributed by atoms with Gasteiger partial charge in [0.2, 0.25) is 0 Å². The monoisotopic (exact) mass is 301 g/mol. The summed E-state index contributed by atoms with van der Waals surface area (Å²) in [5.41, 5.74) is 1.97. The van der Waals surface area contributed by atoms with Crippen LogP contribution in [0.5, 0.6) is 0 Å². The Kier molecular flexibility index (Phi) is 3.27. The van der Waals surface area contributed by atoms with Gasteiger partial charge in [0.1, 0.15) is 5.70 Å². The van der Waals surface area contributed by atoms with Crippen LogP contribution in [-0.2, 0) is 4.79 Å². The zero-order chi connectivity index (χ0) is 15.0. The van der Waals surface area contributed by atoms with Crippen LogP contribution in [0, 0.1) is 0 Å². The van der Waals surface area contributed by atoms with Crippen LogP contribution in [0.3, 0.4) is 0 Å².